The third-order valence-electron chi connectivity index (χ3n) is 7.30. The second kappa shape index (κ2) is 8.32. The standard InChI is InChI=1S/C27H31N3O3/c1-19-9-11-20(12-10-19)18-28(21-13-14-21)24(31)8-5-17-29-26(33)22-6-3-4-7-23(22)30-25(32)15-16-27(29,30)2/h3-4,6-7,9-12,21H,5,8,13-18H2,1-2H3. The molecule has 3 amide bonds. The van der Waals surface area contributed by atoms with Gasteiger partial charge in [-0.05, 0) is 57.2 Å². The lowest BCUT2D eigenvalue weighted by molar-refractivity contribution is -0.132. The molecular weight excluding hydrogens is 414 g/mol. The van der Waals surface area contributed by atoms with Crippen molar-refractivity contribution < 1.29 is 14.4 Å². The van der Waals surface area contributed by atoms with Gasteiger partial charge in [0.2, 0.25) is 11.8 Å². The normalized spacial score (nSPS) is 21.8. The molecule has 1 saturated heterocycles. The van der Waals surface area contributed by atoms with Crippen LogP contribution >= 0.6 is 0 Å². The van der Waals surface area contributed by atoms with E-state index in [-0.39, 0.29) is 17.7 Å². The third-order valence-corrected chi connectivity index (χ3v) is 7.30. The molecule has 0 spiro atoms. The van der Waals surface area contributed by atoms with E-state index in [9.17, 15) is 14.4 Å². The number of rotatable bonds is 7. The maximum atomic E-state index is 13.4. The van der Waals surface area contributed by atoms with Crippen LogP contribution in [0.5, 0.6) is 0 Å². The lowest BCUT2D eigenvalue weighted by atomic mass is 9.98. The molecule has 1 aliphatic carbocycles. The molecular formula is C27H31N3O3. The van der Waals surface area contributed by atoms with Crippen LogP contribution in [0.2, 0.25) is 0 Å². The monoisotopic (exact) mass is 445 g/mol. The van der Waals surface area contributed by atoms with E-state index >= 15 is 0 Å². The Morgan fingerprint density at radius 3 is 2.55 bits per heavy atom. The summed E-state index contributed by atoms with van der Waals surface area (Å²) in [6.07, 6.45) is 4.16. The molecule has 0 bridgehead atoms. The molecule has 172 valence electrons. The summed E-state index contributed by atoms with van der Waals surface area (Å²) in [7, 11) is 0. The Morgan fingerprint density at radius 1 is 1.09 bits per heavy atom. The highest BCUT2D eigenvalue weighted by atomic mass is 16.2. The summed E-state index contributed by atoms with van der Waals surface area (Å²) in [6, 6.07) is 16.0. The van der Waals surface area contributed by atoms with Crippen LogP contribution in [0.25, 0.3) is 0 Å². The Hall–Kier alpha value is -3.15. The first-order chi connectivity index (χ1) is 15.9. The summed E-state index contributed by atoms with van der Waals surface area (Å²) < 4.78 is 0. The summed E-state index contributed by atoms with van der Waals surface area (Å²) in [6.45, 7) is 5.14. The second-order valence-electron chi connectivity index (χ2n) is 9.76. The topological polar surface area (TPSA) is 60.9 Å². The number of anilines is 1. The fourth-order valence-electron chi connectivity index (χ4n) is 5.27. The number of amides is 3. The van der Waals surface area contributed by atoms with Gasteiger partial charge in [-0.3, -0.25) is 19.3 Å². The summed E-state index contributed by atoms with van der Waals surface area (Å²) >= 11 is 0. The number of aryl methyl sites for hydroxylation is 1. The molecule has 2 fully saturated rings. The van der Waals surface area contributed by atoms with E-state index in [2.05, 4.69) is 31.2 Å². The minimum Gasteiger partial charge on any atom is -0.335 e. The first-order valence-electron chi connectivity index (χ1n) is 12.0. The molecule has 1 unspecified atom stereocenters. The number of nitrogens with zero attached hydrogens (tertiary/aromatic N) is 3. The molecule has 5 rings (SSSR count). The first kappa shape index (κ1) is 21.7. The predicted molar refractivity (Wildman–Crippen MR) is 127 cm³/mol. The number of para-hydroxylation sites is 1. The molecule has 2 aromatic carbocycles. The van der Waals surface area contributed by atoms with Crippen LogP contribution in [-0.4, -0.2) is 45.8 Å². The van der Waals surface area contributed by atoms with Gasteiger partial charge in [0.25, 0.3) is 5.91 Å². The quantitative estimate of drug-likeness (QED) is 0.640. The van der Waals surface area contributed by atoms with Crippen molar-refractivity contribution in [1.82, 2.24) is 9.80 Å². The summed E-state index contributed by atoms with van der Waals surface area (Å²) in [5, 5.41) is 0. The van der Waals surface area contributed by atoms with Gasteiger partial charge in [0.05, 0.1) is 11.3 Å². The van der Waals surface area contributed by atoms with Crippen molar-refractivity contribution >= 4 is 23.4 Å². The van der Waals surface area contributed by atoms with E-state index in [1.54, 1.807) is 11.0 Å². The van der Waals surface area contributed by atoms with Gasteiger partial charge in [0.15, 0.2) is 0 Å². The Bertz CT molecular complexity index is 1090. The van der Waals surface area contributed by atoms with Crippen LogP contribution in [0, 0.1) is 6.92 Å². The lowest BCUT2D eigenvalue weighted by Gasteiger charge is -2.48. The largest absolute Gasteiger partial charge is 0.335 e. The molecule has 0 N–H and O–H groups in total. The van der Waals surface area contributed by atoms with Gasteiger partial charge >= 0.3 is 0 Å². The van der Waals surface area contributed by atoms with E-state index in [4.69, 9.17) is 0 Å². The molecule has 0 aromatic heterocycles. The Labute approximate surface area is 195 Å². The average molecular weight is 446 g/mol. The number of hydrogen-bond acceptors (Lipinski definition) is 3. The van der Waals surface area contributed by atoms with Gasteiger partial charge in [0, 0.05) is 32.0 Å². The summed E-state index contributed by atoms with van der Waals surface area (Å²) in [5.74, 6) is 0.147. The third kappa shape index (κ3) is 3.92. The molecule has 2 heterocycles. The van der Waals surface area contributed by atoms with Gasteiger partial charge in [0.1, 0.15) is 5.66 Å². The molecule has 6 heteroatoms. The number of fused-ring (bicyclic) bond motifs is 3. The van der Waals surface area contributed by atoms with E-state index in [0.717, 1.165) is 18.4 Å². The van der Waals surface area contributed by atoms with Crippen LogP contribution in [0.1, 0.15) is 66.9 Å². The molecule has 2 aliphatic heterocycles. The zero-order valence-electron chi connectivity index (χ0n) is 19.4. The van der Waals surface area contributed by atoms with Gasteiger partial charge in [-0.1, -0.05) is 42.0 Å². The fourth-order valence-corrected chi connectivity index (χ4v) is 5.27. The highest BCUT2D eigenvalue weighted by molar-refractivity contribution is 6.10. The van der Waals surface area contributed by atoms with Crippen LogP contribution < -0.4 is 4.90 Å². The van der Waals surface area contributed by atoms with Gasteiger partial charge in [-0.25, -0.2) is 0 Å². The molecule has 3 aliphatic rings. The Morgan fingerprint density at radius 2 is 1.82 bits per heavy atom. The van der Waals surface area contributed by atoms with Gasteiger partial charge in [-0.2, -0.15) is 0 Å². The van der Waals surface area contributed by atoms with Crippen molar-refractivity contribution in [1.29, 1.82) is 0 Å². The lowest BCUT2D eigenvalue weighted by Crippen LogP contribution is -2.62. The second-order valence-corrected chi connectivity index (χ2v) is 9.76. The molecule has 2 aromatic rings. The SMILES string of the molecule is Cc1ccc(CN(C(=O)CCCN2C(=O)c3ccccc3N3C(=O)CCC23C)C2CC2)cc1. The molecule has 1 atom stereocenters. The number of carbonyl (C=O) groups is 3. The smallest absolute Gasteiger partial charge is 0.257 e. The number of hydrogen-bond donors (Lipinski definition) is 0. The Balaban J connectivity index is 1.28. The van der Waals surface area contributed by atoms with E-state index in [1.807, 2.05) is 34.9 Å². The van der Waals surface area contributed by atoms with Crippen molar-refractivity contribution in [3.05, 3.63) is 65.2 Å². The van der Waals surface area contributed by atoms with Crippen molar-refractivity contribution in [2.75, 3.05) is 11.4 Å². The zero-order valence-corrected chi connectivity index (χ0v) is 19.4. The summed E-state index contributed by atoms with van der Waals surface area (Å²) in [4.78, 5) is 44.8. The average Bonchev–Trinajstić information content (AvgIpc) is 3.60. The van der Waals surface area contributed by atoms with Crippen LogP contribution in [0.3, 0.4) is 0 Å². The maximum Gasteiger partial charge on any atom is 0.257 e. The van der Waals surface area contributed by atoms with Crippen LogP contribution in [0.4, 0.5) is 5.69 Å². The highest BCUT2D eigenvalue weighted by Crippen LogP contribution is 2.44. The minimum atomic E-state index is -0.663. The van der Waals surface area contributed by atoms with Crippen LogP contribution in [0.15, 0.2) is 48.5 Å². The van der Waals surface area contributed by atoms with Crippen molar-refractivity contribution in [3.8, 4) is 0 Å². The predicted octanol–water partition coefficient (Wildman–Crippen LogP) is 4.27. The van der Waals surface area contributed by atoms with E-state index in [0.29, 0.717) is 56.1 Å². The van der Waals surface area contributed by atoms with E-state index < -0.39 is 5.66 Å². The molecule has 1 saturated carbocycles. The highest BCUT2D eigenvalue weighted by Gasteiger charge is 2.52. The first-order valence-corrected chi connectivity index (χ1v) is 12.0. The molecule has 0 radical (unpaired) electrons. The Kier molecular flexibility index (Phi) is 5.47. The summed E-state index contributed by atoms with van der Waals surface area (Å²) in [5.41, 5.74) is 2.97. The van der Waals surface area contributed by atoms with Crippen LogP contribution in [-0.2, 0) is 16.1 Å². The number of carbonyl (C=O) groups excluding carboxylic acids is 3. The van der Waals surface area contributed by atoms with E-state index in [1.165, 1.54) is 5.56 Å². The van der Waals surface area contributed by atoms with Crippen molar-refractivity contribution in [2.24, 2.45) is 0 Å². The number of benzene rings is 2. The van der Waals surface area contributed by atoms with Gasteiger partial charge in [-0.15, -0.1) is 0 Å². The fraction of sp³-hybridized carbons (Fsp3) is 0.444. The van der Waals surface area contributed by atoms with Crippen molar-refractivity contribution in [2.45, 2.75) is 70.6 Å². The van der Waals surface area contributed by atoms with Crippen molar-refractivity contribution in [3.63, 3.8) is 0 Å². The van der Waals surface area contributed by atoms with Gasteiger partial charge < -0.3 is 9.80 Å². The molecule has 6 nitrogen and oxygen atoms in total. The zero-order chi connectivity index (χ0) is 23.2. The minimum absolute atomic E-state index is 0.0507. The molecule has 33 heavy (non-hydrogen) atoms. The maximum absolute atomic E-state index is 13.4.